The summed E-state index contributed by atoms with van der Waals surface area (Å²) in [4.78, 5) is 16.4. The lowest BCUT2D eigenvalue weighted by Crippen LogP contribution is -2.40. The van der Waals surface area contributed by atoms with Gasteiger partial charge in [-0.2, -0.15) is 0 Å². The average molecular weight is 283 g/mol. The lowest BCUT2D eigenvalue weighted by Gasteiger charge is -2.19. The van der Waals surface area contributed by atoms with Crippen LogP contribution in [0.25, 0.3) is 0 Å². The molecule has 4 nitrogen and oxygen atoms in total. The molecule has 0 saturated heterocycles. The molecule has 1 unspecified atom stereocenters. The van der Waals surface area contributed by atoms with Crippen LogP contribution in [-0.4, -0.2) is 17.6 Å². The van der Waals surface area contributed by atoms with Crippen LogP contribution < -0.4 is 10.6 Å². The summed E-state index contributed by atoms with van der Waals surface area (Å²) in [5.74, 6) is 0.417. The van der Waals surface area contributed by atoms with Crippen LogP contribution in [-0.2, 0) is 0 Å². The molecule has 0 spiro atoms. The van der Waals surface area contributed by atoms with Crippen molar-refractivity contribution in [1.82, 2.24) is 15.6 Å². The Labute approximate surface area is 125 Å². The van der Waals surface area contributed by atoms with Crippen LogP contribution in [0.1, 0.15) is 31.1 Å². The van der Waals surface area contributed by atoms with E-state index in [4.69, 9.17) is 0 Å². The molecule has 0 bridgehead atoms. The molecule has 0 radical (unpaired) electrons. The van der Waals surface area contributed by atoms with Gasteiger partial charge < -0.3 is 10.6 Å². The number of aromatic nitrogens is 1. The fourth-order valence-electron chi connectivity index (χ4n) is 2.00. The second-order valence-corrected chi connectivity index (χ2v) is 5.35. The van der Waals surface area contributed by atoms with Crippen LogP contribution in [0, 0.1) is 5.92 Å². The van der Waals surface area contributed by atoms with Gasteiger partial charge in [-0.25, -0.2) is 4.79 Å². The number of carbonyl (C=O) groups excluding carboxylic acids is 1. The number of carbonyl (C=O) groups is 1. The van der Waals surface area contributed by atoms with Gasteiger partial charge in [-0.05, 0) is 23.6 Å². The van der Waals surface area contributed by atoms with E-state index in [2.05, 4.69) is 29.5 Å². The van der Waals surface area contributed by atoms with Crippen LogP contribution in [0.2, 0.25) is 0 Å². The largest absolute Gasteiger partial charge is 0.338 e. The predicted molar refractivity (Wildman–Crippen MR) is 83.9 cm³/mol. The Bertz CT molecular complexity index is 515. The molecular weight excluding hydrogens is 262 g/mol. The second kappa shape index (κ2) is 7.43. The van der Waals surface area contributed by atoms with Crippen molar-refractivity contribution in [2.75, 3.05) is 6.54 Å². The van der Waals surface area contributed by atoms with Gasteiger partial charge in [-0.1, -0.05) is 50.2 Å². The fourth-order valence-corrected chi connectivity index (χ4v) is 2.00. The Morgan fingerprint density at radius 2 is 1.81 bits per heavy atom. The summed E-state index contributed by atoms with van der Waals surface area (Å²) in [6, 6.07) is 15.1. The summed E-state index contributed by atoms with van der Waals surface area (Å²) in [6.45, 7) is 4.77. The van der Waals surface area contributed by atoms with Gasteiger partial charge in [0, 0.05) is 12.7 Å². The molecule has 1 heterocycles. The highest BCUT2D eigenvalue weighted by atomic mass is 16.2. The topological polar surface area (TPSA) is 54.0 Å². The van der Waals surface area contributed by atoms with Gasteiger partial charge in [-0.3, -0.25) is 4.98 Å². The molecule has 0 aliphatic rings. The number of amides is 2. The summed E-state index contributed by atoms with van der Waals surface area (Å²) in [5.41, 5.74) is 1.83. The number of pyridine rings is 1. The van der Waals surface area contributed by atoms with Crippen LogP contribution in [0.3, 0.4) is 0 Å². The summed E-state index contributed by atoms with van der Waals surface area (Å²) in [6.07, 6.45) is 1.74. The van der Waals surface area contributed by atoms with Gasteiger partial charge in [0.1, 0.15) is 0 Å². The molecule has 110 valence electrons. The van der Waals surface area contributed by atoms with Gasteiger partial charge in [0.2, 0.25) is 0 Å². The van der Waals surface area contributed by atoms with Crippen molar-refractivity contribution >= 4 is 6.03 Å². The second-order valence-electron chi connectivity index (χ2n) is 5.35. The highest BCUT2D eigenvalue weighted by molar-refractivity contribution is 5.74. The first kappa shape index (κ1) is 15.0. The zero-order valence-electron chi connectivity index (χ0n) is 12.4. The minimum Gasteiger partial charge on any atom is -0.338 e. The lowest BCUT2D eigenvalue weighted by atomic mass is 10.0. The van der Waals surface area contributed by atoms with E-state index in [1.807, 2.05) is 48.5 Å². The van der Waals surface area contributed by atoms with Gasteiger partial charge in [0.05, 0.1) is 11.7 Å². The number of nitrogens with one attached hydrogen (secondary N) is 2. The molecule has 2 amide bonds. The molecule has 0 aliphatic carbocycles. The maximum atomic E-state index is 12.1. The maximum absolute atomic E-state index is 12.1. The molecule has 2 N–H and O–H groups in total. The van der Waals surface area contributed by atoms with Crippen molar-refractivity contribution in [3.63, 3.8) is 0 Å². The number of nitrogens with zero attached hydrogens (tertiary/aromatic N) is 1. The SMILES string of the molecule is CC(C)CNC(=O)NC(c1ccccc1)c1ccccn1. The van der Waals surface area contributed by atoms with E-state index in [1.54, 1.807) is 6.20 Å². The minimum atomic E-state index is -0.250. The third-order valence-electron chi connectivity index (χ3n) is 3.06. The molecule has 1 aromatic carbocycles. The number of hydrogen-bond acceptors (Lipinski definition) is 2. The number of rotatable bonds is 5. The molecule has 1 aromatic heterocycles. The van der Waals surface area contributed by atoms with Crippen LogP contribution >= 0.6 is 0 Å². The molecule has 0 fully saturated rings. The summed E-state index contributed by atoms with van der Waals surface area (Å²) < 4.78 is 0. The zero-order valence-corrected chi connectivity index (χ0v) is 12.4. The van der Waals surface area contributed by atoms with E-state index in [1.165, 1.54) is 0 Å². The van der Waals surface area contributed by atoms with E-state index in [9.17, 15) is 4.79 Å². The fraction of sp³-hybridized carbons (Fsp3) is 0.294. The normalized spacial score (nSPS) is 12.0. The maximum Gasteiger partial charge on any atom is 0.315 e. The van der Waals surface area contributed by atoms with Crippen molar-refractivity contribution in [3.8, 4) is 0 Å². The van der Waals surface area contributed by atoms with Gasteiger partial charge in [0.25, 0.3) is 0 Å². The molecule has 0 aliphatic heterocycles. The molecule has 1 atom stereocenters. The van der Waals surface area contributed by atoms with E-state index in [0.29, 0.717) is 12.5 Å². The monoisotopic (exact) mass is 283 g/mol. The van der Waals surface area contributed by atoms with E-state index in [0.717, 1.165) is 11.3 Å². The molecule has 21 heavy (non-hydrogen) atoms. The molecule has 0 saturated carbocycles. The van der Waals surface area contributed by atoms with Crippen molar-refractivity contribution < 1.29 is 4.79 Å². The van der Waals surface area contributed by atoms with Crippen LogP contribution in [0.15, 0.2) is 54.7 Å². The van der Waals surface area contributed by atoms with Gasteiger partial charge in [-0.15, -0.1) is 0 Å². The first-order valence-corrected chi connectivity index (χ1v) is 7.17. The van der Waals surface area contributed by atoms with Crippen molar-refractivity contribution in [2.45, 2.75) is 19.9 Å². The Morgan fingerprint density at radius 3 is 2.43 bits per heavy atom. The highest BCUT2D eigenvalue weighted by Gasteiger charge is 2.17. The van der Waals surface area contributed by atoms with Crippen molar-refractivity contribution in [1.29, 1.82) is 0 Å². The molecular formula is C17H21N3O. The van der Waals surface area contributed by atoms with Gasteiger partial charge in [0.15, 0.2) is 0 Å². The first-order chi connectivity index (χ1) is 10.2. The molecule has 2 aromatic rings. The standard InChI is InChI=1S/C17H21N3O/c1-13(2)12-19-17(21)20-16(14-8-4-3-5-9-14)15-10-6-7-11-18-15/h3-11,13,16H,12H2,1-2H3,(H2,19,20,21). The van der Waals surface area contributed by atoms with Crippen molar-refractivity contribution in [2.24, 2.45) is 5.92 Å². The summed E-state index contributed by atoms with van der Waals surface area (Å²) >= 11 is 0. The third-order valence-corrected chi connectivity index (χ3v) is 3.06. The smallest absolute Gasteiger partial charge is 0.315 e. The Hall–Kier alpha value is -2.36. The number of urea groups is 1. The minimum absolute atomic E-state index is 0.178. The third kappa shape index (κ3) is 4.60. The van der Waals surface area contributed by atoms with Crippen LogP contribution in [0.4, 0.5) is 4.79 Å². The van der Waals surface area contributed by atoms with E-state index >= 15 is 0 Å². The number of hydrogen-bond donors (Lipinski definition) is 2. The van der Waals surface area contributed by atoms with E-state index in [-0.39, 0.29) is 12.1 Å². The quantitative estimate of drug-likeness (QED) is 0.885. The van der Waals surface area contributed by atoms with Crippen molar-refractivity contribution in [3.05, 3.63) is 66.0 Å². The summed E-state index contributed by atoms with van der Waals surface area (Å²) in [5, 5.41) is 5.87. The zero-order chi connectivity index (χ0) is 15.1. The van der Waals surface area contributed by atoms with Crippen LogP contribution in [0.5, 0.6) is 0 Å². The predicted octanol–water partition coefficient (Wildman–Crippen LogP) is 3.13. The lowest BCUT2D eigenvalue weighted by molar-refractivity contribution is 0.237. The highest BCUT2D eigenvalue weighted by Crippen LogP contribution is 2.19. The Balaban J connectivity index is 2.16. The van der Waals surface area contributed by atoms with Gasteiger partial charge >= 0.3 is 6.03 Å². The molecule has 2 rings (SSSR count). The van der Waals surface area contributed by atoms with E-state index < -0.39 is 0 Å². The Morgan fingerprint density at radius 1 is 1.10 bits per heavy atom. The average Bonchev–Trinajstić information content (AvgIpc) is 2.52. The molecule has 4 heteroatoms. The summed E-state index contributed by atoms with van der Waals surface area (Å²) in [7, 11) is 0. The first-order valence-electron chi connectivity index (χ1n) is 7.17. The Kier molecular flexibility index (Phi) is 5.32. The number of benzene rings is 1.